The maximum Gasteiger partial charge on any atom is 0.123 e. The van der Waals surface area contributed by atoms with Crippen molar-refractivity contribution in [3.63, 3.8) is 0 Å². The van der Waals surface area contributed by atoms with Gasteiger partial charge in [-0.1, -0.05) is 0 Å². The van der Waals surface area contributed by atoms with Crippen molar-refractivity contribution in [1.82, 2.24) is 19.6 Å². The van der Waals surface area contributed by atoms with Crippen LogP contribution in [0.15, 0.2) is 42.9 Å². The maximum atomic E-state index is 13.0. The second-order valence-corrected chi connectivity index (χ2v) is 4.88. The molecule has 0 saturated carbocycles. The molecule has 0 aliphatic heterocycles. The highest BCUT2D eigenvalue weighted by molar-refractivity contribution is 5.63. The highest BCUT2D eigenvalue weighted by Gasteiger charge is 2.11. The van der Waals surface area contributed by atoms with E-state index in [0.29, 0.717) is 0 Å². The zero-order valence-corrected chi connectivity index (χ0v) is 11.4. The average molecular weight is 270 g/mol. The van der Waals surface area contributed by atoms with E-state index in [2.05, 4.69) is 10.2 Å². The number of hydrogen-bond donors (Lipinski definition) is 0. The third-order valence-electron chi connectivity index (χ3n) is 3.18. The fourth-order valence-electron chi connectivity index (χ4n) is 2.30. The van der Waals surface area contributed by atoms with Gasteiger partial charge in [0.05, 0.1) is 11.9 Å². The van der Waals surface area contributed by atoms with Crippen molar-refractivity contribution in [3.05, 3.63) is 59.8 Å². The zero-order valence-electron chi connectivity index (χ0n) is 11.4. The van der Waals surface area contributed by atoms with E-state index >= 15 is 0 Å². The summed E-state index contributed by atoms with van der Waals surface area (Å²) in [6, 6.07) is 6.42. The van der Waals surface area contributed by atoms with Crippen LogP contribution in [0.1, 0.15) is 11.1 Å². The van der Waals surface area contributed by atoms with Gasteiger partial charge < -0.3 is 0 Å². The minimum atomic E-state index is -0.238. The van der Waals surface area contributed by atoms with Gasteiger partial charge in [0.2, 0.25) is 0 Å². The van der Waals surface area contributed by atoms with Crippen molar-refractivity contribution in [1.29, 1.82) is 0 Å². The topological polar surface area (TPSA) is 35.6 Å². The Labute approximate surface area is 116 Å². The molecule has 0 aliphatic carbocycles. The van der Waals surface area contributed by atoms with Crippen LogP contribution in [-0.2, 0) is 20.5 Å². The van der Waals surface area contributed by atoms with Crippen LogP contribution in [0.4, 0.5) is 4.39 Å². The number of aromatic nitrogens is 4. The first-order valence-electron chi connectivity index (χ1n) is 6.38. The van der Waals surface area contributed by atoms with E-state index in [9.17, 15) is 4.39 Å². The second kappa shape index (κ2) is 4.92. The number of halogens is 1. The summed E-state index contributed by atoms with van der Waals surface area (Å²) in [5.74, 6) is -0.238. The minimum absolute atomic E-state index is 0.238. The lowest BCUT2D eigenvalue weighted by molar-refractivity contribution is 0.628. The fraction of sp³-hybridized carbons (Fsp3) is 0.200. The van der Waals surface area contributed by atoms with E-state index < -0.39 is 0 Å². The number of hydrogen-bond acceptors (Lipinski definition) is 2. The summed E-state index contributed by atoms with van der Waals surface area (Å²) < 4.78 is 16.6. The number of aryl methyl sites for hydroxylation is 2. The molecule has 0 fully saturated rings. The summed E-state index contributed by atoms with van der Waals surface area (Å²) in [6.07, 6.45) is 6.59. The number of rotatable bonds is 3. The van der Waals surface area contributed by atoms with Gasteiger partial charge >= 0.3 is 0 Å². The molecular weight excluding hydrogens is 255 g/mol. The van der Waals surface area contributed by atoms with Crippen LogP contribution >= 0.6 is 0 Å². The molecule has 0 atom stereocenters. The van der Waals surface area contributed by atoms with Gasteiger partial charge in [0.25, 0.3) is 0 Å². The first kappa shape index (κ1) is 12.6. The smallest absolute Gasteiger partial charge is 0.123 e. The van der Waals surface area contributed by atoms with Crippen LogP contribution in [0.25, 0.3) is 11.3 Å². The molecule has 0 spiro atoms. The summed E-state index contributed by atoms with van der Waals surface area (Å²) >= 11 is 0. The highest BCUT2D eigenvalue weighted by Crippen LogP contribution is 2.24. The van der Waals surface area contributed by atoms with Crippen molar-refractivity contribution in [2.45, 2.75) is 6.42 Å². The zero-order chi connectivity index (χ0) is 14.1. The minimum Gasteiger partial charge on any atom is -0.276 e. The van der Waals surface area contributed by atoms with Gasteiger partial charge in [-0.15, -0.1) is 0 Å². The van der Waals surface area contributed by atoms with E-state index in [0.717, 1.165) is 28.8 Å². The second-order valence-electron chi connectivity index (χ2n) is 4.88. The van der Waals surface area contributed by atoms with Gasteiger partial charge in [0.15, 0.2) is 0 Å². The third-order valence-corrected chi connectivity index (χ3v) is 3.18. The Morgan fingerprint density at radius 1 is 1.05 bits per heavy atom. The maximum absolute atomic E-state index is 13.0. The molecule has 2 aromatic heterocycles. The van der Waals surface area contributed by atoms with Gasteiger partial charge in [-0.05, 0) is 29.8 Å². The van der Waals surface area contributed by atoms with E-state index in [1.807, 2.05) is 32.7 Å². The summed E-state index contributed by atoms with van der Waals surface area (Å²) in [5, 5.41) is 8.65. The van der Waals surface area contributed by atoms with Crippen molar-refractivity contribution in [2.75, 3.05) is 0 Å². The molecule has 0 aliphatic rings. The SMILES string of the molecule is Cn1cc(Cc2cn(C)nc2-c2ccc(F)cc2)cn1. The molecule has 3 rings (SSSR count). The van der Waals surface area contributed by atoms with Crippen LogP contribution < -0.4 is 0 Å². The molecule has 0 unspecified atom stereocenters. The predicted octanol–water partition coefficient (Wildman–Crippen LogP) is 2.55. The Hall–Kier alpha value is -2.43. The average Bonchev–Trinajstić information content (AvgIpc) is 2.97. The van der Waals surface area contributed by atoms with Crippen molar-refractivity contribution >= 4 is 0 Å². The summed E-state index contributed by atoms with van der Waals surface area (Å²) in [4.78, 5) is 0. The number of nitrogens with zero attached hydrogens (tertiary/aromatic N) is 4. The van der Waals surface area contributed by atoms with Crippen molar-refractivity contribution < 1.29 is 4.39 Å². The van der Waals surface area contributed by atoms with Gasteiger partial charge in [-0.3, -0.25) is 9.36 Å². The van der Waals surface area contributed by atoms with Crippen LogP contribution in [-0.4, -0.2) is 19.6 Å². The van der Waals surface area contributed by atoms with Gasteiger partial charge in [0, 0.05) is 44.0 Å². The molecule has 3 aromatic rings. The van der Waals surface area contributed by atoms with E-state index in [-0.39, 0.29) is 5.82 Å². The van der Waals surface area contributed by atoms with Crippen molar-refractivity contribution in [2.24, 2.45) is 14.1 Å². The summed E-state index contributed by atoms with van der Waals surface area (Å²) in [5.41, 5.74) is 4.04. The summed E-state index contributed by atoms with van der Waals surface area (Å²) in [7, 11) is 3.79. The Balaban J connectivity index is 1.97. The van der Waals surface area contributed by atoms with Gasteiger partial charge in [-0.25, -0.2) is 4.39 Å². The normalized spacial score (nSPS) is 10.9. The Kier molecular flexibility index (Phi) is 3.10. The predicted molar refractivity (Wildman–Crippen MR) is 74.6 cm³/mol. The van der Waals surface area contributed by atoms with Gasteiger partial charge in [0.1, 0.15) is 5.82 Å². The van der Waals surface area contributed by atoms with Crippen molar-refractivity contribution in [3.8, 4) is 11.3 Å². The molecule has 4 nitrogen and oxygen atoms in total. The lowest BCUT2D eigenvalue weighted by Crippen LogP contribution is -1.89. The van der Waals surface area contributed by atoms with E-state index in [1.54, 1.807) is 21.5 Å². The molecule has 0 saturated heterocycles. The van der Waals surface area contributed by atoms with Crippen LogP contribution in [0.2, 0.25) is 0 Å². The molecule has 0 amide bonds. The largest absolute Gasteiger partial charge is 0.276 e. The summed E-state index contributed by atoms with van der Waals surface area (Å²) in [6.45, 7) is 0. The lowest BCUT2D eigenvalue weighted by atomic mass is 10.0. The standard InChI is InChI=1S/C15H15FN4/c1-19-9-11(8-17-19)7-13-10-20(2)18-15(13)12-3-5-14(16)6-4-12/h3-6,8-10H,7H2,1-2H3. The quantitative estimate of drug-likeness (QED) is 0.733. The molecule has 20 heavy (non-hydrogen) atoms. The molecule has 102 valence electrons. The molecule has 0 N–H and O–H groups in total. The fourth-order valence-corrected chi connectivity index (χ4v) is 2.30. The highest BCUT2D eigenvalue weighted by atomic mass is 19.1. The van der Waals surface area contributed by atoms with E-state index in [4.69, 9.17) is 0 Å². The Morgan fingerprint density at radius 3 is 2.45 bits per heavy atom. The molecule has 0 bridgehead atoms. The molecule has 1 aromatic carbocycles. The van der Waals surface area contributed by atoms with Gasteiger partial charge in [-0.2, -0.15) is 10.2 Å². The lowest BCUT2D eigenvalue weighted by Gasteiger charge is -2.01. The Bertz CT molecular complexity index is 725. The molecular formula is C15H15FN4. The monoisotopic (exact) mass is 270 g/mol. The number of benzene rings is 1. The van der Waals surface area contributed by atoms with Crippen LogP contribution in [0, 0.1) is 5.82 Å². The van der Waals surface area contributed by atoms with Crippen LogP contribution in [0.3, 0.4) is 0 Å². The Morgan fingerprint density at radius 2 is 1.80 bits per heavy atom. The molecule has 2 heterocycles. The first-order chi connectivity index (χ1) is 9.61. The van der Waals surface area contributed by atoms with E-state index in [1.165, 1.54) is 12.1 Å². The molecule has 5 heteroatoms. The molecule has 0 radical (unpaired) electrons. The van der Waals surface area contributed by atoms with Crippen LogP contribution in [0.5, 0.6) is 0 Å². The first-order valence-corrected chi connectivity index (χ1v) is 6.38. The third kappa shape index (κ3) is 2.47.